The lowest BCUT2D eigenvalue weighted by Gasteiger charge is -2.08. The van der Waals surface area contributed by atoms with Crippen molar-refractivity contribution >= 4 is 5.97 Å². The minimum absolute atomic E-state index is 0.0986. The van der Waals surface area contributed by atoms with Crippen LogP contribution < -0.4 is 18.9 Å². The normalized spacial score (nSPS) is 10.2. The third-order valence-electron chi connectivity index (χ3n) is 3.89. The number of esters is 1. The molecule has 7 heteroatoms. The third kappa shape index (κ3) is 4.56. The number of nitrogens with zero attached hydrogens (tertiary/aromatic N) is 2. The minimum Gasteiger partial charge on any atom is -0.497 e. The summed E-state index contributed by atoms with van der Waals surface area (Å²) in [4.78, 5) is 12.4. The molecule has 0 aliphatic heterocycles. The Kier molecular flexibility index (Phi) is 6.06. The van der Waals surface area contributed by atoms with Gasteiger partial charge in [0.1, 0.15) is 17.2 Å². The molecule has 0 N–H and O–H groups in total. The van der Waals surface area contributed by atoms with E-state index in [1.165, 1.54) is 14.2 Å². The Balaban J connectivity index is 1.72. The molecule has 0 spiro atoms. The summed E-state index contributed by atoms with van der Waals surface area (Å²) < 4.78 is 21.0. The molecule has 0 saturated carbocycles. The van der Waals surface area contributed by atoms with Crippen LogP contribution in [0, 0.1) is 0 Å². The second-order valence-corrected chi connectivity index (χ2v) is 5.71. The smallest absolute Gasteiger partial charge is 0.345 e. The lowest BCUT2D eigenvalue weighted by Crippen LogP contribution is -2.10. The van der Waals surface area contributed by atoms with Gasteiger partial charge < -0.3 is 18.9 Å². The van der Waals surface area contributed by atoms with E-state index in [0.29, 0.717) is 23.8 Å². The number of aromatic nitrogens is 2. The summed E-state index contributed by atoms with van der Waals surface area (Å²) in [6.45, 7) is 2.54. The van der Waals surface area contributed by atoms with Crippen LogP contribution in [-0.2, 0) is 0 Å². The van der Waals surface area contributed by atoms with Crippen LogP contribution in [0.25, 0.3) is 11.3 Å². The van der Waals surface area contributed by atoms with Gasteiger partial charge in [-0.15, -0.1) is 10.2 Å². The van der Waals surface area contributed by atoms with E-state index in [1.807, 2.05) is 31.2 Å². The summed E-state index contributed by atoms with van der Waals surface area (Å²) in [6.07, 6.45) is 0. The third-order valence-corrected chi connectivity index (χ3v) is 3.89. The van der Waals surface area contributed by atoms with Crippen molar-refractivity contribution in [1.29, 1.82) is 0 Å². The van der Waals surface area contributed by atoms with Crippen LogP contribution in [0.5, 0.6) is 23.1 Å². The highest BCUT2D eigenvalue weighted by Gasteiger charge is 2.13. The average Bonchev–Trinajstić information content (AvgIpc) is 2.74. The zero-order valence-corrected chi connectivity index (χ0v) is 15.8. The standard InChI is InChI=1S/C21H20N2O5/c1-4-27-16-7-5-14(6-8-16)19-9-10-20(23-22-19)28-21(24)15-11-17(25-2)13-18(12-15)26-3/h5-13H,4H2,1-3H3. The fourth-order valence-corrected chi connectivity index (χ4v) is 2.50. The van der Waals surface area contributed by atoms with Crippen LogP contribution in [0.1, 0.15) is 17.3 Å². The lowest BCUT2D eigenvalue weighted by molar-refractivity contribution is 0.0725. The highest BCUT2D eigenvalue weighted by molar-refractivity contribution is 5.91. The Hall–Kier alpha value is -3.61. The Morgan fingerprint density at radius 3 is 2.07 bits per heavy atom. The molecule has 7 nitrogen and oxygen atoms in total. The molecule has 0 atom stereocenters. The van der Waals surface area contributed by atoms with Gasteiger partial charge in [0.15, 0.2) is 0 Å². The van der Waals surface area contributed by atoms with E-state index >= 15 is 0 Å². The number of rotatable bonds is 7. The van der Waals surface area contributed by atoms with Crippen LogP contribution in [0.3, 0.4) is 0 Å². The zero-order chi connectivity index (χ0) is 19.9. The number of hydrogen-bond donors (Lipinski definition) is 0. The maximum Gasteiger partial charge on any atom is 0.345 e. The molecule has 144 valence electrons. The number of carbonyl (C=O) groups excluding carboxylic acids is 1. The van der Waals surface area contributed by atoms with Crippen LogP contribution in [0.4, 0.5) is 0 Å². The zero-order valence-electron chi connectivity index (χ0n) is 15.8. The summed E-state index contributed by atoms with van der Waals surface area (Å²) in [5.74, 6) is 1.28. The monoisotopic (exact) mass is 380 g/mol. The van der Waals surface area contributed by atoms with E-state index in [2.05, 4.69) is 10.2 Å². The van der Waals surface area contributed by atoms with Crippen molar-refractivity contribution in [3.8, 4) is 34.4 Å². The Labute approximate surface area is 162 Å². The Morgan fingerprint density at radius 2 is 1.54 bits per heavy atom. The van der Waals surface area contributed by atoms with Gasteiger partial charge in [-0.25, -0.2) is 4.79 Å². The largest absolute Gasteiger partial charge is 0.497 e. The van der Waals surface area contributed by atoms with Crippen LogP contribution >= 0.6 is 0 Å². The van der Waals surface area contributed by atoms with Gasteiger partial charge in [-0.05, 0) is 49.4 Å². The summed E-state index contributed by atoms with van der Waals surface area (Å²) in [6, 6.07) is 15.6. The van der Waals surface area contributed by atoms with E-state index in [4.69, 9.17) is 18.9 Å². The van der Waals surface area contributed by atoms with Crippen molar-refractivity contribution in [2.45, 2.75) is 6.92 Å². The van der Waals surface area contributed by atoms with E-state index in [0.717, 1.165) is 11.3 Å². The highest BCUT2D eigenvalue weighted by Crippen LogP contribution is 2.24. The summed E-state index contributed by atoms with van der Waals surface area (Å²) >= 11 is 0. The molecule has 3 rings (SSSR count). The molecular weight excluding hydrogens is 360 g/mol. The molecule has 1 heterocycles. The molecule has 3 aromatic rings. The second kappa shape index (κ2) is 8.85. The lowest BCUT2D eigenvalue weighted by atomic mass is 10.1. The van der Waals surface area contributed by atoms with Gasteiger partial charge in [0.2, 0.25) is 5.88 Å². The molecule has 0 amide bonds. The molecule has 0 aliphatic carbocycles. The second-order valence-electron chi connectivity index (χ2n) is 5.71. The highest BCUT2D eigenvalue weighted by atomic mass is 16.5. The molecular formula is C21H20N2O5. The van der Waals surface area contributed by atoms with Gasteiger partial charge in [-0.3, -0.25) is 0 Å². The van der Waals surface area contributed by atoms with Crippen molar-refractivity contribution in [3.05, 3.63) is 60.2 Å². The first-order valence-corrected chi connectivity index (χ1v) is 8.65. The van der Waals surface area contributed by atoms with Gasteiger partial charge in [-0.2, -0.15) is 0 Å². The maximum atomic E-state index is 12.4. The number of methoxy groups -OCH3 is 2. The van der Waals surface area contributed by atoms with E-state index in [1.54, 1.807) is 30.3 Å². The molecule has 0 saturated heterocycles. The van der Waals surface area contributed by atoms with Crippen molar-refractivity contribution < 1.29 is 23.7 Å². The Morgan fingerprint density at radius 1 is 0.857 bits per heavy atom. The predicted octanol–water partition coefficient (Wildman–Crippen LogP) is 3.78. The number of hydrogen-bond acceptors (Lipinski definition) is 7. The number of benzene rings is 2. The SMILES string of the molecule is CCOc1ccc(-c2ccc(OC(=O)c3cc(OC)cc(OC)c3)nn2)cc1. The van der Waals surface area contributed by atoms with E-state index in [-0.39, 0.29) is 11.4 Å². The van der Waals surface area contributed by atoms with Gasteiger partial charge in [0.05, 0.1) is 32.1 Å². The average molecular weight is 380 g/mol. The quantitative estimate of drug-likeness (QED) is 0.577. The van der Waals surface area contributed by atoms with Gasteiger partial charge in [0, 0.05) is 17.7 Å². The fourth-order valence-electron chi connectivity index (χ4n) is 2.50. The predicted molar refractivity (Wildman–Crippen MR) is 103 cm³/mol. The summed E-state index contributed by atoms with van der Waals surface area (Å²) in [5, 5.41) is 8.10. The first-order valence-electron chi connectivity index (χ1n) is 8.65. The van der Waals surface area contributed by atoms with Crippen molar-refractivity contribution in [2.75, 3.05) is 20.8 Å². The number of ether oxygens (including phenoxy) is 4. The number of carbonyl (C=O) groups is 1. The fraction of sp³-hybridized carbons (Fsp3) is 0.190. The summed E-state index contributed by atoms with van der Waals surface area (Å²) in [5.41, 5.74) is 1.82. The maximum absolute atomic E-state index is 12.4. The first kappa shape index (κ1) is 19.2. The molecule has 0 unspecified atom stereocenters. The van der Waals surface area contributed by atoms with Gasteiger partial charge in [-0.1, -0.05) is 0 Å². The van der Waals surface area contributed by atoms with E-state index < -0.39 is 5.97 Å². The van der Waals surface area contributed by atoms with Crippen molar-refractivity contribution in [1.82, 2.24) is 10.2 Å². The molecule has 1 aromatic heterocycles. The topological polar surface area (TPSA) is 79.8 Å². The van der Waals surface area contributed by atoms with Crippen LogP contribution in [0.15, 0.2) is 54.6 Å². The Bertz CT molecular complexity index is 918. The van der Waals surface area contributed by atoms with Crippen molar-refractivity contribution in [2.24, 2.45) is 0 Å². The van der Waals surface area contributed by atoms with Gasteiger partial charge >= 0.3 is 5.97 Å². The molecule has 2 aromatic carbocycles. The molecule has 0 fully saturated rings. The molecule has 0 radical (unpaired) electrons. The molecule has 0 bridgehead atoms. The molecule has 0 aliphatic rings. The van der Waals surface area contributed by atoms with Crippen molar-refractivity contribution in [3.63, 3.8) is 0 Å². The summed E-state index contributed by atoms with van der Waals surface area (Å²) in [7, 11) is 3.02. The van der Waals surface area contributed by atoms with E-state index in [9.17, 15) is 4.79 Å². The molecule has 28 heavy (non-hydrogen) atoms. The van der Waals surface area contributed by atoms with Crippen LogP contribution in [0.2, 0.25) is 0 Å². The first-order chi connectivity index (χ1) is 13.6. The minimum atomic E-state index is -0.583. The van der Waals surface area contributed by atoms with Crippen LogP contribution in [-0.4, -0.2) is 37.0 Å². The van der Waals surface area contributed by atoms with Gasteiger partial charge in [0.25, 0.3) is 0 Å².